The van der Waals surface area contributed by atoms with Crippen LogP contribution in [0.3, 0.4) is 0 Å². The van der Waals surface area contributed by atoms with Crippen molar-refractivity contribution in [2.45, 2.75) is 40.0 Å². The molecule has 2 rings (SSSR count). The van der Waals surface area contributed by atoms with Gasteiger partial charge in [0, 0.05) is 17.2 Å². The molecule has 0 saturated heterocycles. The number of halogens is 1. The number of hydrogen-bond donors (Lipinski definition) is 1. The molecule has 21 heavy (non-hydrogen) atoms. The minimum absolute atomic E-state index is 0.289. The van der Waals surface area contributed by atoms with E-state index in [0.29, 0.717) is 23.3 Å². The predicted octanol–water partition coefficient (Wildman–Crippen LogP) is 4.00. The van der Waals surface area contributed by atoms with Crippen molar-refractivity contribution >= 4 is 11.6 Å². The first kappa shape index (κ1) is 15.7. The first-order valence-electron chi connectivity index (χ1n) is 7.59. The molecule has 0 unspecified atom stereocenters. The fraction of sp³-hybridized carbons (Fsp3) is 0.529. The number of nitrogens with zero attached hydrogens (tertiary/aromatic N) is 1. The van der Waals surface area contributed by atoms with Gasteiger partial charge in [0.25, 0.3) is 5.91 Å². The molecule has 1 aliphatic carbocycles. The molecule has 0 bridgehead atoms. The van der Waals surface area contributed by atoms with Gasteiger partial charge in [0.2, 0.25) is 0 Å². The lowest BCUT2D eigenvalue weighted by Crippen LogP contribution is -2.31. The third-order valence-electron chi connectivity index (χ3n) is 4.17. The predicted molar refractivity (Wildman–Crippen MR) is 82.6 cm³/mol. The lowest BCUT2D eigenvalue weighted by molar-refractivity contribution is 0.0954. The maximum absolute atomic E-state index is 12.9. The highest BCUT2D eigenvalue weighted by molar-refractivity contribution is 5.96. The Balaban J connectivity index is 2.06. The molecule has 3 nitrogen and oxygen atoms in total. The Kier molecular flexibility index (Phi) is 5.10. The Morgan fingerprint density at radius 3 is 2.57 bits per heavy atom. The molecule has 0 radical (unpaired) electrons. The molecule has 1 saturated carbocycles. The van der Waals surface area contributed by atoms with Crippen LogP contribution >= 0.6 is 0 Å². The second-order valence-corrected chi connectivity index (χ2v) is 6.29. The fourth-order valence-corrected chi connectivity index (χ4v) is 2.88. The van der Waals surface area contributed by atoms with Gasteiger partial charge in [-0.15, -0.1) is 0 Å². The van der Waals surface area contributed by atoms with Crippen molar-refractivity contribution in [1.29, 1.82) is 0 Å². The number of carbonyl (C=O) groups excluding carboxylic acids is 1. The van der Waals surface area contributed by atoms with Crippen molar-refractivity contribution in [3.8, 4) is 0 Å². The number of nitrogens with one attached hydrogen (secondary N) is 1. The van der Waals surface area contributed by atoms with E-state index in [9.17, 15) is 9.18 Å². The van der Waals surface area contributed by atoms with Gasteiger partial charge in [-0.1, -0.05) is 20.8 Å². The van der Waals surface area contributed by atoms with Gasteiger partial charge in [-0.2, -0.15) is 5.10 Å². The van der Waals surface area contributed by atoms with E-state index >= 15 is 0 Å². The van der Waals surface area contributed by atoms with Crippen LogP contribution in [0.25, 0.3) is 0 Å². The molecule has 0 aromatic heterocycles. The van der Waals surface area contributed by atoms with Gasteiger partial charge in [-0.3, -0.25) is 4.79 Å². The quantitative estimate of drug-likeness (QED) is 0.840. The van der Waals surface area contributed by atoms with E-state index < -0.39 is 0 Å². The molecule has 1 amide bonds. The first-order chi connectivity index (χ1) is 9.97. The molecule has 1 fully saturated rings. The number of benzene rings is 1. The zero-order valence-corrected chi connectivity index (χ0v) is 12.9. The van der Waals surface area contributed by atoms with Gasteiger partial charge >= 0.3 is 0 Å². The van der Waals surface area contributed by atoms with Gasteiger partial charge < -0.3 is 0 Å². The minimum Gasteiger partial charge on any atom is -0.267 e. The number of amides is 1. The molecule has 2 atom stereocenters. The van der Waals surface area contributed by atoms with E-state index in [2.05, 4.69) is 31.3 Å². The van der Waals surface area contributed by atoms with Gasteiger partial charge in [-0.05, 0) is 55.4 Å². The van der Waals surface area contributed by atoms with E-state index in [-0.39, 0.29) is 11.7 Å². The molecule has 1 N–H and O–H groups in total. The van der Waals surface area contributed by atoms with Gasteiger partial charge in [0.1, 0.15) is 5.82 Å². The van der Waals surface area contributed by atoms with Gasteiger partial charge in [0.05, 0.1) is 0 Å². The summed E-state index contributed by atoms with van der Waals surface area (Å²) >= 11 is 0. The van der Waals surface area contributed by atoms with Crippen molar-refractivity contribution in [2.24, 2.45) is 22.9 Å². The zero-order valence-electron chi connectivity index (χ0n) is 12.9. The summed E-state index contributed by atoms with van der Waals surface area (Å²) in [4.78, 5) is 12.0. The lowest BCUT2D eigenvalue weighted by atomic mass is 9.76. The standard InChI is InChI=1S/C17H23FN2O/c1-11(2)15-9-4-12(3)10-16(15)19-20-17(21)13-5-7-14(18)8-6-13/h5-8,11-12,15H,4,9-10H2,1-3H3,(H,20,21)/b19-16-/t12-,15-/m1/s1. The number of rotatable bonds is 3. The molecular weight excluding hydrogens is 267 g/mol. The van der Waals surface area contributed by atoms with Crippen LogP contribution in [0.15, 0.2) is 29.4 Å². The van der Waals surface area contributed by atoms with Crippen molar-refractivity contribution in [3.05, 3.63) is 35.6 Å². The molecule has 4 heteroatoms. The Morgan fingerprint density at radius 1 is 1.29 bits per heavy atom. The van der Waals surface area contributed by atoms with E-state index in [1.54, 1.807) is 0 Å². The Bertz CT molecular complexity index is 522. The maximum atomic E-state index is 12.9. The highest BCUT2D eigenvalue weighted by Crippen LogP contribution is 2.31. The van der Waals surface area contributed by atoms with Crippen LogP contribution in [0.2, 0.25) is 0 Å². The molecule has 0 spiro atoms. The zero-order chi connectivity index (χ0) is 15.4. The molecule has 1 aliphatic rings. The van der Waals surface area contributed by atoms with Crippen LogP contribution in [0, 0.1) is 23.6 Å². The molecular formula is C17H23FN2O. The normalized spacial score (nSPS) is 24.3. The van der Waals surface area contributed by atoms with Crippen molar-refractivity contribution in [2.75, 3.05) is 0 Å². The number of carbonyl (C=O) groups is 1. The topological polar surface area (TPSA) is 41.5 Å². The summed E-state index contributed by atoms with van der Waals surface area (Å²) < 4.78 is 12.9. The van der Waals surface area contributed by atoms with Crippen molar-refractivity contribution < 1.29 is 9.18 Å². The Hall–Kier alpha value is -1.71. The molecule has 1 aromatic carbocycles. The first-order valence-corrected chi connectivity index (χ1v) is 7.59. The fourth-order valence-electron chi connectivity index (χ4n) is 2.88. The second kappa shape index (κ2) is 6.83. The largest absolute Gasteiger partial charge is 0.271 e. The number of hydrogen-bond acceptors (Lipinski definition) is 2. The third kappa shape index (κ3) is 4.13. The summed E-state index contributed by atoms with van der Waals surface area (Å²) in [5.74, 6) is 0.942. The Morgan fingerprint density at radius 2 is 1.95 bits per heavy atom. The van der Waals surface area contributed by atoms with Crippen LogP contribution in [-0.4, -0.2) is 11.6 Å². The summed E-state index contributed by atoms with van der Waals surface area (Å²) in [5, 5.41) is 4.36. The van der Waals surface area contributed by atoms with Crippen LogP contribution in [0.5, 0.6) is 0 Å². The van der Waals surface area contributed by atoms with Crippen LogP contribution in [-0.2, 0) is 0 Å². The minimum atomic E-state index is -0.348. The van der Waals surface area contributed by atoms with Crippen LogP contribution in [0.1, 0.15) is 50.4 Å². The maximum Gasteiger partial charge on any atom is 0.271 e. The third-order valence-corrected chi connectivity index (χ3v) is 4.17. The smallest absolute Gasteiger partial charge is 0.267 e. The SMILES string of the molecule is CC(C)[C@H]1CC[C@@H](C)C/C1=N/NC(=O)c1ccc(F)cc1. The van der Waals surface area contributed by atoms with E-state index in [4.69, 9.17) is 0 Å². The van der Waals surface area contributed by atoms with Crippen molar-refractivity contribution in [1.82, 2.24) is 5.43 Å². The Labute approximate surface area is 125 Å². The van der Waals surface area contributed by atoms with Crippen LogP contribution < -0.4 is 5.43 Å². The highest BCUT2D eigenvalue weighted by atomic mass is 19.1. The van der Waals surface area contributed by atoms with Crippen LogP contribution in [0.4, 0.5) is 4.39 Å². The molecule has 0 aliphatic heterocycles. The van der Waals surface area contributed by atoms with Crippen molar-refractivity contribution in [3.63, 3.8) is 0 Å². The van der Waals surface area contributed by atoms with E-state index in [0.717, 1.165) is 18.6 Å². The van der Waals surface area contributed by atoms with E-state index in [1.807, 2.05) is 0 Å². The monoisotopic (exact) mass is 290 g/mol. The average Bonchev–Trinajstić information content (AvgIpc) is 2.45. The second-order valence-electron chi connectivity index (χ2n) is 6.29. The van der Waals surface area contributed by atoms with Gasteiger partial charge in [0.15, 0.2) is 0 Å². The molecule has 114 valence electrons. The lowest BCUT2D eigenvalue weighted by Gasteiger charge is -2.30. The molecule has 0 heterocycles. The number of hydrazone groups is 1. The van der Waals surface area contributed by atoms with E-state index in [1.165, 1.54) is 30.7 Å². The summed E-state index contributed by atoms with van der Waals surface area (Å²) in [6.07, 6.45) is 3.28. The summed E-state index contributed by atoms with van der Waals surface area (Å²) in [6.45, 7) is 6.60. The van der Waals surface area contributed by atoms with Gasteiger partial charge in [-0.25, -0.2) is 9.82 Å². The average molecular weight is 290 g/mol. The highest BCUT2D eigenvalue weighted by Gasteiger charge is 2.27. The summed E-state index contributed by atoms with van der Waals surface area (Å²) in [6, 6.07) is 5.49. The summed E-state index contributed by atoms with van der Waals surface area (Å²) in [5.41, 5.74) is 4.12. The summed E-state index contributed by atoms with van der Waals surface area (Å²) in [7, 11) is 0. The molecule has 1 aromatic rings.